The van der Waals surface area contributed by atoms with Gasteiger partial charge in [0, 0.05) is 45.3 Å². The fourth-order valence-corrected chi connectivity index (χ4v) is 5.18. The molecule has 2 saturated heterocycles. The Morgan fingerprint density at radius 3 is 2.58 bits per heavy atom. The number of piperidine rings is 1. The topological polar surface area (TPSA) is 146 Å². The summed E-state index contributed by atoms with van der Waals surface area (Å²) in [5.74, 6) is 0.914. The molecule has 4 N–H and O–H groups in total. The molecule has 2 aliphatic heterocycles. The summed E-state index contributed by atoms with van der Waals surface area (Å²) in [6, 6.07) is 6.49. The van der Waals surface area contributed by atoms with Gasteiger partial charge in [0.25, 0.3) is 5.91 Å². The predicted octanol–water partition coefficient (Wildman–Crippen LogP) is 2.63. The lowest BCUT2D eigenvalue weighted by Crippen LogP contribution is -2.49. The van der Waals surface area contributed by atoms with E-state index in [1.165, 1.54) is 13.2 Å². The number of hydrogen-bond acceptors (Lipinski definition) is 9. The van der Waals surface area contributed by atoms with Gasteiger partial charge in [0.05, 0.1) is 36.1 Å². The van der Waals surface area contributed by atoms with E-state index in [4.69, 9.17) is 10.5 Å². The van der Waals surface area contributed by atoms with Gasteiger partial charge in [-0.25, -0.2) is 24.1 Å². The minimum atomic E-state index is -0.486. The molecule has 40 heavy (non-hydrogen) atoms. The number of halogens is 1. The maximum atomic E-state index is 14.9. The van der Waals surface area contributed by atoms with Crippen molar-refractivity contribution in [3.05, 3.63) is 47.9 Å². The zero-order valence-electron chi connectivity index (χ0n) is 22.7. The van der Waals surface area contributed by atoms with Gasteiger partial charge in [-0.05, 0) is 44.4 Å². The minimum Gasteiger partial charge on any atom is -0.453 e. The highest BCUT2D eigenvalue weighted by Crippen LogP contribution is 2.33. The smallest absolute Gasteiger partial charge is 0.409 e. The number of ether oxygens (including phenoxy) is 1. The van der Waals surface area contributed by atoms with Crippen molar-refractivity contribution in [2.45, 2.75) is 19.8 Å². The van der Waals surface area contributed by atoms with Crippen LogP contribution >= 0.6 is 0 Å². The Morgan fingerprint density at radius 1 is 1.12 bits per heavy atom. The molecule has 0 bridgehead atoms. The third-order valence-corrected chi connectivity index (χ3v) is 7.43. The second kappa shape index (κ2) is 11.9. The highest BCUT2D eigenvalue weighted by Gasteiger charge is 2.25. The van der Waals surface area contributed by atoms with E-state index in [1.807, 2.05) is 11.0 Å². The van der Waals surface area contributed by atoms with E-state index in [2.05, 4.69) is 30.2 Å². The molecule has 0 atom stereocenters. The molecule has 212 valence electrons. The largest absolute Gasteiger partial charge is 0.453 e. The second-order valence-corrected chi connectivity index (χ2v) is 10.0. The number of anilines is 3. The Bertz CT molecular complexity index is 1370. The number of aromatic amines is 1. The van der Waals surface area contributed by atoms with Crippen molar-refractivity contribution in [3.8, 4) is 11.4 Å². The standard InChI is InChI=1S/C27H34FN9O3/c1-17-31-21(14-23(32-17)35-10-12-37(13-11-35)27(39)40-2)22-16-30-25(33-22)26(38)34-20-5-3-4-19(28)24(20)36-8-6-18(15-29)7-9-36/h3-5,14,16,18H,6-13,15,29H2,1-2H3,(H,30,33)(H,34,38). The highest BCUT2D eigenvalue weighted by atomic mass is 19.1. The number of para-hydroxylation sites is 1. The first kappa shape index (κ1) is 27.3. The van der Waals surface area contributed by atoms with Gasteiger partial charge in [-0.15, -0.1) is 0 Å². The van der Waals surface area contributed by atoms with Crippen LogP contribution in [0.3, 0.4) is 0 Å². The number of rotatable bonds is 6. The zero-order valence-corrected chi connectivity index (χ0v) is 22.7. The molecule has 0 radical (unpaired) electrons. The summed E-state index contributed by atoms with van der Waals surface area (Å²) < 4.78 is 19.7. The van der Waals surface area contributed by atoms with E-state index < -0.39 is 5.91 Å². The first-order valence-electron chi connectivity index (χ1n) is 13.4. The molecule has 0 aliphatic carbocycles. The van der Waals surface area contributed by atoms with Crippen molar-refractivity contribution in [3.63, 3.8) is 0 Å². The quantitative estimate of drug-likeness (QED) is 0.421. The molecule has 13 heteroatoms. The molecular formula is C27H34FN9O3. The maximum absolute atomic E-state index is 14.9. The van der Waals surface area contributed by atoms with E-state index in [0.717, 1.165) is 18.7 Å². The van der Waals surface area contributed by atoms with E-state index in [0.29, 0.717) is 80.3 Å². The predicted molar refractivity (Wildman–Crippen MR) is 149 cm³/mol. The molecule has 0 saturated carbocycles. The number of carbonyl (C=O) groups excluding carboxylic acids is 2. The highest BCUT2D eigenvalue weighted by molar-refractivity contribution is 6.04. The van der Waals surface area contributed by atoms with Crippen LogP contribution in [0.5, 0.6) is 0 Å². The molecular weight excluding hydrogens is 517 g/mol. The van der Waals surface area contributed by atoms with Crippen LogP contribution in [0.15, 0.2) is 30.5 Å². The number of methoxy groups -OCH3 is 1. The molecule has 2 aromatic heterocycles. The number of carbonyl (C=O) groups is 2. The number of nitrogens with zero attached hydrogens (tertiary/aromatic N) is 6. The van der Waals surface area contributed by atoms with Crippen molar-refractivity contribution in [1.82, 2.24) is 24.8 Å². The summed E-state index contributed by atoms with van der Waals surface area (Å²) in [4.78, 5) is 47.0. The number of nitrogens with two attached hydrogens (primary N) is 1. The van der Waals surface area contributed by atoms with Crippen molar-refractivity contribution in [2.75, 3.05) is 68.0 Å². The van der Waals surface area contributed by atoms with E-state index >= 15 is 0 Å². The Balaban J connectivity index is 1.30. The average Bonchev–Trinajstić information content (AvgIpc) is 3.48. The third kappa shape index (κ3) is 5.83. The Kier molecular flexibility index (Phi) is 8.10. The molecule has 3 aromatic rings. The number of aromatic nitrogens is 4. The Hall–Kier alpha value is -4.26. The summed E-state index contributed by atoms with van der Waals surface area (Å²) >= 11 is 0. The minimum absolute atomic E-state index is 0.0801. The van der Waals surface area contributed by atoms with Gasteiger partial charge in [0.2, 0.25) is 0 Å². The summed E-state index contributed by atoms with van der Waals surface area (Å²) in [7, 11) is 1.37. The van der Waals surface area contributed by atoms with Crippen LogP contribution in [-0.4, -0.2) is 89.8 Å². The molecule has 1 aromatic carbocycles. The average molecular weight is 552 g/mol. The van der Waals surface area contributed by atoms with Crippen LogP contribution < -0.4 is 20.9 Å². The summed E-state index contributed by atoms with van der Waals surface area (Å²) in [5.41, 5.74) is 7.71. The fourth-order valence-electron chi connectivity index (χ4n) is 5.18. The normalized spacial score (nSPS) is 16.2. The second-order valence-electron chi connectivity index (χ2n) is 10.0. The van der Waals surface area contributed by atoms with Gasteiger partial charge >= 0.3 is 6.09 Å². The summed E-state index contributed by atoms with van der Waals surface area (Å²) in [5, 5.41) is 2.83. The molecule has 2 amide bonds. The van der Waals surface area contributed by atoms with Gasteiger partial charge in [0.15, 0.2) is 5.82 Å². The van der Waals surface area contributed by atoms with Crippen LogP contribution in [0.4, 0.5) is 26.4 Å². The molecule has 0 spiro atoms. The van der Waals surface area contributed by atoms with Crippen LogP contribution in [0.25, 0.3) is 11.4 Å². The fraction of sp³-hybridized carbons (Fsp3) is 0.444. The van der Waals surface area contributed by atoms with Crippen LogP contribution in [0, 0.1) is 18.7 Å². The van der Waals surface area contributed by atoms with Gasteiger partial charge < -0.3 is 35.5 Å². The maximum Gasteiger partial charge on any atom is 0.409 e. The Labute approximate surface area is 231 Å². The van der Waals surface area contributed by atoms with Crippen LogP contribution in [0.1, 0.15) is 29.3 Å². The Morgan fingerprint density at radius 2 is 1.88 bits per heavy atom. The number of benzene rings is 1. The lowest BCUT2D eigenvalue weighted by atomic mass is 9.96. The zero-order chi connectivity index (χ0) is 28.2. The lowest BCUT2D eigenvalue weighted by Gasteiger charge is -2.34. The van der Waals surface area contributed by atoms with Crippen molar-refractivity contribution >= 4 is 29.2 Å². The van der Waals surface area contributed by atoms with Crippen molar-refractivity contribution in [1.29, 1.82) is 0 Å². The van der Waals surface area contributed by atoms with Crippen molar-refractivity contribution < 1.29 is 18.7 Å². The molecule has 0 unspecified atom stereocenters. The first-order valence-corrected chi connectivity index (χ1v) is 13.4. The number of imidazole rings is 1. The molecule has 2 fully saturated rings. The van der Waals surface area contributed by atoms with Crippen molar-refractivity contribution in [2.24, 2.45) is 11.7 Å². The molecule has 5 rings (SSSR count). The summed E-state index contributed by atoms with van der Waals surface area (Å²) in [6.45, 7) is 5.99. The van der Waals surface area contributed by atoms with Crippen LogP contribution in [0.2, 0.25) is 0 Å². The SMILES string of the molecule is COC(=O)N1CCN(c2cc(-c3cnc(C(=O)Nc4cccc(F)c4N4CCC(CN)CC4)[nH]3)nc(C)n2)CC1. The van der Waals surface area contributed by atoms with Gasteiger partial charge in [0.1, 0.15) is 17.5 Å². The van der Waals surface area contributed by atoms with Gasteiger partial charge in [-0.1, -0.05) is 6.07 Å². The van der Waals surface area contributed by atoms with Gasteiger partial charge in [-0.3, -0.25) is 4.79 Å². The third-order valence-electron chi connectivity index (χ3n) is 7.43. The monoisotopic (exact) mass is 551 g/mol. The first-order chi connectivity index (χ1) is 19.4. The lowest BCUT2D eigenvalue weighted by molar-refractivity contribution is 0.101. The number of nitrogens with one attached hydrogen (secondary N) is 2. The number of hydrogen-bond donors (Lipinski definition) is 3. The van der Waals surface area contributed by atoms with Gasteiger partial charge in [-0.2, -0.15) is 0 Å². The van der Waals surface area contributed by atoms with E-state index in [1.54, 1.807) is 30.2 Å². The summed E-state index contributed by atoms with van der Waals surface area (Å²) in [6.07, 6.45) is 2.95. The molecule has 2 aliphatic rings. The number of amides is 2. The molecule has 12 nitrogen and oxygen atoms in total. The van der Waals surface area contributed by atoms with E-state index in [-0.39, 0.29) is 17.7 Å². The number of H-pyrrole nitrogens is 1. The molecule has 4 heterocycles. The van der Waals surface area contributed by atoms with E-state index in [9.17, 15) is 14.0 Å². The van der Waals surface area contributed by atoms with Crippen LogP contribution in [-0.2, 0) is 4.74 Å². The number of piperazine rings is 1. The number of aryl methyl sites for hydroxylation is 1.